The molecule has 0 radical (unpaired) electrons. The van der Waals surface area contributed by atoms with Crippen molar-refractivity contribution in [2.45, 2.75) is 6.18 Å². The van der Waals surface area contributed by atoms with E-state index in [-0.39, 0.29) is 11.3 Å². The molecular formula is C15H11F3N2O2. The van der Waals surface area contributed by atoms with E-state index in [0.717, 1.165) is 12.1 Å². The maximum atomic E-state index is 12.9. The van der Waals surface area contributed by atoms with E-state index in [0.29, 0.717) is 0 Å². The van der Waals surface area contributed by atoms with Crippen LogP contribution in [0.2, 0.25) is 0 Å². The second kappa shape index (κ2) is 5.88. The largest absolute Gasteiger partial charge is 0.417 e. The molecule has 0 aliphatic rings. The van der Waals surface area contributed by atoms with Crippen LogP contribution in [0.15, 0.2) is 48.5 Å². The van der Waals surface area contributed by atoms with Gasteiger partial charge in [0, 0.05) is 11.3 Å². The first kappa shape index (κ1) is 15.6. The standard InChI is InChI=1S/C15H11F3N2O2/c16-15(17,18)12-7-2-1-6-11(12)14(22)20-10-5-3-4-9(8-10)13(19)21/h1-8H,(H2,19,21)(H,20,22). The number of hydrogen-bond donors (Lipinski definition) is 2. The lowest BCUT2D eigenvalue weighted by Gasteiger charge is -2.12. The molecule has 22 heavy (non-hydrogen) atoms. The SMILES string of the molecule is NC(=O)c1cccc(NC(=O)c2ccccc2C(F)(F)F)c1. The Morgan fingerprint density at radius 2 is 1.68 bits per heavy atom. The average Bonchev–Trinajstić information content (AvgIpc) is 2.46. The van der Waals surface area contributed by atoms with E-state index in [2.05, 4.69) is 5.32 Å². The van der Waals surface area contributed by atoms with Crippen molar-refractivity contribution in [2.24, 2.45) is 5.73 Å². The van der Waals surface area contributed by atoms with Gasteiger partial charge in [0.1, 0.15) is 0 Å². The van der Waals surface area contributed by atoms with Gasteiger partial charge in [0.2, 0.25) is 5.91 Å². The second-order valence-electron chi connectivity index (χ2n) is 4.44. The minimum Gasteiger partial charge on any atom is -0.366 e. The molecule has 0 saturated carbocycles. The Morgan fingerprint density at radius 3 is 2.32 bits per heavy atom. The first-order valence-electron chi connectivity index (χ1n) is 6.16. The third-order valence-corrected chi connectivity index (χ3v) is 2.88. The summed E-state index contributed by atoms with van der Waals surface area (Å²) in [6, 6.07) is 10.1. The summed E-state index contributed by atoms with van der Waals surface area (Å²) in [5.74, 6) is -1.62. The molecular weight excluding hydrogens is 297 g/mol. The average molecular weight is 308 g/mol. The van der Waals surface area contributed by atoms with Crippen LogP contribution in [0.4, 0.5) is 18.9 Å². The number of benzene rings is 2. The molecule has 2 rings (SSSR count). The lowest BCUT2D eigenvalue weighted by Crippen LogP contribution is -2.19. The second-order valence-corrected chi connectivity index (χ2v) is 4.44. The van der Waals surface area contributed by atoms with Crippen LogP contribution in [-0.2, 0) is 6.18 Å². The number of nitrogens with two attached hydrogens (primary N) is 1. The zero-order valence-electron chi connectivity index (χ0n) is 11.1. The molecule has 114 valence electrons. The summed E-state index contributed by atoms with van der Waals surface area (Å²) in [5, 5.41) is 2.32. The molecule has 0 spiro atoms. The van der Waals surface area contributed by atoms with E-state index < -0.39 is 29.1 Å². The normalized spacial score (nSPS) is 11.0. The van der Waals surface area contributed by atoms with E-state index in [1.165, 1.54) is 36.4 Å². The Kier molecular flexibility index (Phi) is 4.16. The number of rotatable bonds is 3. The summed E-state index contributed by atoms with van der Waals surface area (Å²) >= 11 is 0. The third kappa shape index (κ3) is 3.43. The van der Waals surface area contributed by atoms with Crippen LogP contribution >= 0.6 is 0 Å². The zero-order valence-corrected chi connectivity index (χ0v) is 11.1. The highest BCUT2D eigenvalue weighted by Gasteiger charge is 2.34. The molecule has 3 N–H and O–H groups in total. The van der Waals surface area contributed by atoms with Gasteiger partial charge in [-0.1, -0.05) is 18.2 Å². The summed E-state index contributed by atoms with van der Waals surface area (Å²) in [6.07, 6.45) is -4.64. The summed E-state index contributed by atoms with van der Waals surface area (Å²) in [7, 11) is 0. The van der Waals surface area contributed by atoms with Gasteiger partial charge in [-0.05, 0) is 30.3 Å². The van der Waals surface area contributed by atoms with Crippen molar-refractivity contribution in [1.29, 1.82) is 0 Å². The Morgan fingerprint density at radius 1 is 1.00 bits per heavy atom. The first-order valence-corrected chi connectivity index (χ1v) is 6.16. The number of carbonyl (C=O) groups is 2. The van der Waals surface area contributed by atoms with Crippen molar-refractivity contribution >= 4 is 17.5 Å². The Bertz CT molecular complexity index is 727. The van der Waals surface area contributed by atoms with Gasteiger partial charge in [-0.3, -0.25) is 9.59 Å². The van der Waals surface area contributed by atoms with E-state index in [4.69, 9.17) is 5.73 Å². The summed E-state index contributed by atoms with van der Waals surface area (Å²) < 4.78 is 38.6. The van der Waals surface area contributed by atoms with Crippen molar-refractivity contribution in [3.63, 3.8) is 0 Å². The van der Waals surface area contributed by atoms with Crippen LogP contribution < -0.4 is 11.1 Å². The van der Waals surface area contributed by atoms with E-state index >= 15 is 0 Å². The lowest BCUT2D eigenvalue weighted by molar-refractivity contribution is -0.137. The van der Waals surface area contributed by atoms with Crippen LogP contribution in [0.3, 0.4) is 0 Å². The predicted octanol–water partition coefficient (Wildman–Crippen LogP) is 3.06. The molecule has 2 aromatic rings. The van der Waals surface area contributed by atoms with E-state index in [1.54, 1.807) is 0 Å². The van der Waals surface area contributed by atoms with Gasteiger partial charge < -0.3 is 11.1 Å². The topological polar surface area (TPSA) is 72.2 Å². The molecule has 0 aliphatic carbocycles. The highest BCUT2D eigenvalue weighted by molar-refractivity contribution is 6.06. The van der Waals surface area contributed by atoms with Gasteiger partial charge in [-0.2, -0.15) is 13.2 Å². The first-order chi connectivity index (χ1) is 10.3. The number of halogens is 3. The molecule has 0 unspecified atom stereocenters. The van der Waals surface area contributed by atoms with Crippen LogP contribution in [0.25, 0.3) is 0 Å². The summed E-state index contributed by atoms with van der Waals surface area (Å²) in [5.41, 5.74) is 3.90. The maximum Gasteiger partial charge on any atom is 0.417 e. The number of anilines is 1. The minimum absolute atomic E-state index is 0.141. The van der Waals surface area contributed by atoms with E-state index in [9.17, 15) is 22.8 Å². The fraction of sp³-hybridized carbons (Fsp3) is 0.0667. The summed E-state index contributed by atoms with van der Waals surface area (Å²) in [4.78, 5) is 23.1. The Labute approximate surface area is 123 Å². The fourth-order valence-electron chi connectivity index (χ4n) is 1.88. The van der Waals surface area contributed by atoms with Gasteiger partial charge in [-0.25, -0.2) is 0 Å². The predicted molar refractivity (Wildman–Crippen MR) is 74.4 cm³/mol. The number of amides is 2. The summed E-state index contributed by atoms with van der Waals surface area (Å²) in [6.45, 7) is 0. The number of nitrogens with one attached hydrogen (secondary N) is 1. The molecule has 4 nitrogen and oxygen atoms in total. The van der Waals surface area contributed by atoms with Crippen LogP contribution in [0, 0.1) is 0 Å². The molecule has 0 bridgehead atoms. The van der Waals surface area contributed by atoms with Crippen molar-refractivity contribution in [3.8, 4) is 0 Å². The lowest BCUT2D eigenvalue weighted by atomic mass is 10.1. The van der Waals surface area contributed by atoms with Gasteiger partial charge in [-0.15, -0.1) is 0 Å². The third-order valence-electron chi connectivity index (χ3n) is 2.88. The van der Waals surface area contributed by atoms with Crippen molar-refractivity contribution < 1.29 is 22.8 Å². The Balaban J connectivity index is 2.31. The fourth-order valence-corrected chi connectivity index (χ4v) is 1.88. The Hall–Kier alpha value is -2.83. The number of alkyl halides is 3. The molecule has 7 heteroatoms. The molecule has 2 amide bonds. The van der Waals surface area contributed by atoms with Crippen molar-refractivity contribution in [1.82, 2.24) is 0 Å². The smallest absolute Gasteiger partial charge is 0.366 e. The molecule has 0 aromatic heterocycles. The highest BCUT2D eigenvalue weighted by atomic mass is 19.4. The molecule has 0 saturated heterocycles. The molecule has 0 fully saturated rings. The molecule has 0 atom stereocenters. The molecule has 0 aliphatic heterocycles. The van der Waals surface area contributed by atoms with Crippen LogP contribution in [0.5, 0.6) is 0 Å². The quantitative estimate of drug-likeness (QED) is 0.914. The maximum absolute atomic E-state index is 12.9. The molecule has 0 heterocycles. The van der Waals surface area contributed by atoms with Gasteiger partial charge in [0.25, 0.3) is 5.91 Å². The highest BCUT2D eigenvalue weighted by Crippen LogP contribution is 2.32. The van der Waals surface area contributed by atoms with Crippen molar-refractivity contribution in [3.05, 3.63) is 65.2 Å². The van der Waals surface area contributed by atoms with Crippen molar-refractivity contribution in [2.75, 3.05) is 5.32 Å². The van der Waals surface area contributed by atoms with Gasteiger partial charge >= 0.3 is 6.18 Å². The van der Waals surface area contributed by atoms with Gasteiger partial charge in [0.05, 0.1) is 11.1 Å². The minimum atomic E-state index is -4.64. The van der Waals surface area contributed by atoms with Gasteiger partial charge in [0.15, 0.2) is 0 Å². The van der Waals surface area contributed by atoms with Crippen LogP contribution in [0.1, 0.15) is 26.3 Å². The zero-order chi connectivity index (χ0) is 16.3. The number of carbonyl (C=O) groups excluding carboxylic acids is 2. The monoisotopic (exact) mass is 308 g/mol. The number of primary amides is 1. The number of hydrogen-bond acceptors (Lipinski definition) is 2. The molecule has 2 aromatic carbocycles. The van der Waals surface area contributed by atoms with Crippen LogP contribution in [-0.4, -0.2) is 11.8 Å². The van der Waals surface area contributed by atoms with E-state index in [1.807, 2.05) is 0 Å².